The van der Waals surface area contributed by atoms with Crippen LogP contribution < -0.4 is 5.32 Å². The molecular formula is C19H32N4O. The van der Waals surface area contributed by atoms with Crippen LogP contribution in [-0.2, 0) is 24.1 Å². The van der Waals surface area contributed by atoms with Crippen LogP contribution in [0.1, 0.15) is 62.8 Å². The van der Waals surface area contributed by atoms with Gasteiger partial charge in [-0.2, -0.15) is 0 Å². The normalized spacial score (nSPS) is 28.7. The molecule has 0 bridgehead atoms. The Labute approximate surface area is 145 Å². The van der Waals surface area contributed by atoms with Gasteiger partial charge in [0.1, 0.15) is 0 Å². The van der Waals surface area contributed by atoms with E-state index in [2.05, 4.69) is 20.3 Å². The number of hydrogen-bond acceptors (Lipinski definition) is 4. The summed E-state index contributed by atoms with van der Waals surface area (Å²) in [4.78, 5) is 0. The van der Waals surface area contributed by atoms with Gasteiger partial charge in [0.05, 0.1) is 17.9 Å². The minimum Gasteiger partial charge on any atom is -0.381 e. The van der Waals surface area contributed by atoms with Crippen LogP contribution in [0.4, 0.5) is 0 Å². The smallest absolute Gasteiger partial charge is 0.0859 e. The average Bonchev–Trinajstić information content (AvgIpc) is 3.06. The molecule has 0 aromatic carbocycles. The molecule has 0 radical (unpaired) electrons. The van der Waals surface area contributed by atoms with E-state index in [1.165, 1.54) is 62.8 Å². The molecule has 3 aliphatic rings. The number of nitrogens with one attached hydrogen (secondary N) is 1. The SMILES string of the molecule is C1CCc2c(nnn2CCNC2CCCC(C3CCOCC3)C2)C1. The molecule has 2 atom stereocenters. The highest BCUT2D eigenvalue weighted by molar-refractivity contribution is 5.13. The van der Waals surface area contributed by atoms with Crippen molar-refractivity contribution in [2.45, 2.75) is 76.8 Å². The topological polar surface area (TPSA) is 52.0 Å². The molecule has 1 aliphatic heterocycles. The van der Waals surface area contributed by atoms with Gasteiger partial charge < -0.3 is 10.1 Å². The number of ether oxygens (including phenoxy) is 1. The van der Waals surface area contributed by atoms with Crippen molar-refractivity contribution in [2.24, 2.45) is 11.8 Å². The van der Waals surface area contributed by atoms with Crippen LogP contribution in [0.25, 0.3) is 0 Å². The Morgan fingerprint density at radius 2 is 1.88 bits per heavy atom. The molecule has 5 heteroatoms. The van der Waals surface area contributed by atoms with E-state index in [-0.39, 0.29) is 0 Å². The largest absolute Gasteiger partial charge is 0.381 e. The van der Waals surface area contributed by atoms with Gasteiger partial charge in [-0.15, -0.1) is 5.10 Å². The van der Waals surface area contributed by atoms with E-state index in [0.29, 0.717) is 6.04 Å². The molecule has 1 saturated carbocycles. The summed E-state index contributed by atoms with van der Waals surface area (Å²) in [7, 11) is 0. The van der Waals surface area contributed by atoms with Crippen molar-refractivity contribution in [3.05, 3.63) is 11.4 Å². The van der Waals surface area contributed by atoms with Crippen molar-refractivity contribution in [3.8, 4) is 0 Å². The fourth-order valence-corrected chi connectivity index (χ4v) is 5.00. The van der Waals surface area contributed by atoms with Gasteiger partial charge in [0.15, 0.2) is 0 Å². The van der Waals surface area contributed by atoms with Gasteiger partial charge in [-0.3, -0.25) is 0 Å². The van der Waals surface area contributed by atoms with Crippen LogP contribution in [0.15, 0.2) is 0 Å². The van der Waals surface area contributed by atoms with E-state index in [0.717, 1.165) is 51.0 Å². The van der Waals surface area contributed by atoms with E-state index in [4.69, 9.17) is 4.74 Å². The van der Waals surface area contributed by atoms with Crippen LogP contribution in [0, 0.1) is 11.8 Å². The molecule has 134 valence electrons. The van der Waals surface area contributed by atoms with Gasteiger partial charge in [-0.1, -0.05) is 18.1 Å². The molecule has 2 unspecified atom stereocenters. The van der Waals surface area contributed by atoms with Crippen molar-refractivity contribution >= 4 is 0 Å². The standard InChI is InChI=1S/C19H32N4O/c1-2-7-19-18(6-1)21-22-23(19)11-10-20-17-5-3-4-16(14-17)15-8-12-24-13-9-15/h15-17,20H,1-14H2. The van der Waals surface area contributed by atoms with Crippen LogP contribution in [0.3, 0.4) is 0 Å². The molecule has 2 heterocycles. The number of nitrogens with zero attached hydrogens (tertiary/aromatic N) is 3. The van der Waals surface area contributed by atoms with E-state index in [9.17, 15) is 0 Å². The number of fused-ring (bicyclic) bond motifs is 1. The van der Waals surface area contributed by atoms with Crippen LogP contribution in [0.5, 0.6) is 0 Å². The molecular weight excluding hydrogens is 300 g/mol. The first kappa shape index (κ1) is 16.5. The summed E-state index contributed by atoms with van der Waals surface area (Å²) in [6.45, 7) is 3.97. The monoisotopic (exact) mass is 332 g/mol. The highest BCUT2D eigenvalue weighted by Gasteiger charge is 2.29. The molecule has 1 N–H and O–H groups in total. The molecule has 24 heavy (non-hydrogen) atoms. The summed E-state index contributed by atoms with van der Waals surface area (Å²) in [6, 6.07) is 0.700. The Kier molecular flexibility index (Phi) is 5.48. The maximum Gasteiger partial charge on any atom is 0.0859 e. The Bertz CT molecular complexity index is 523. The molecule has 5 nitrogen and oxygen atoms in total. The molecule has 1 aromatic heterocycles. The van der Waals surface area contributed by atoms with Gasteiger partial charge >= 0.3 is 0 Å². The lowest BCUT2D eigenvalue weighted by molar-refractivity contribution is 0.0359. The van der Waals surface area contributed by atoms with E-state index < -0.39 is 0 Å². The summed E-state index contributed by atoms with van der Waals surface area (Å²) < 4.78 is 7.69. The highest BCUT2D eigenvalue weighted by Crippen LogP contribution is 2.35. The third-order valence-electron chi connectivity index (χ3n) is 6.40. The van der Waals surface area contributed by atoms with Gasteiger partial charge in [-0.25, -0.2) is 4.68 Å². The van der Waals surface area contributed by atoms with Gasteiger partial charge in [0.25, 0.3) is 0 Å². The lowest BCUT2D eigenvalue weighted by atomic mass is 9.75. The Balaban J connectivity index is 1.24. The van der Waals surface area contributed by atoms with E-state index in [1.54, 1.807) is 0 Å². The average molecular weight is 332 g/mol. The summed E-state index contributed by atoms with van der Waals surface area (Å²) in [6.07, 6.45) is 12.9. The van der Waals surface area contributed by atoms with Gasteiger partial charge in [0.2, 0.25) is 0 Å². The molecule has 0 amide bonds. The van der Waals surface area contributed by atoms with Crippen molar-refractivity contribution < 1.29 is 4.74 Å². The zero-order chi connectivity index (χ0) is 16.2. The number of rotatable bonds is 5. The van der Waals surface area contributed by atoms with Crippen molar-refractivity contribution in [1.82, 2.24) is 20.3 Å². The summed E-state index contributed by atoms with van der Waals surface area (Å²) in [5.74, 6) is 1.82. The molecule has 0 spiro atoms. The van der Waals surface area contributed by atoms with Gasteiger partial charge in [0, 0.05) is 25.8 Å². The van der Waals surface area contributed by atoms with Gasteiger partial charge in [-0.05, 0) is 63.2 Å². The fourth-order valence-electron chi connectivity index (χ4n) is 5.00. The maximum absolute atomic E-state index is 5.54. The van der Waals surface area contributed by atoms with E-state index >= 15 is 0 Å². The highest BCUT2D eigenvalue weighted by atomic mass is 16.5. The van der Waals surface area contributed by atoms with Crippen LogP contribution in [0.2, 0.25) is 0 Å². The second-order valence-electron chi connectivity index (χ2n) is 7.94. The molecule has 1 aromatic rings. The third kappa shape index (κ3) is 3.83. The Hall–Kier alpha value is -0.940. The summed E-state index contributed by atoms with van der Waals surface area (Å²) in [5.41, 5.74) is 2.64. The summed E-state index contributed by atoms with van der Waals surface area (Å²) >= 11 is 0. The lowest BCUT2D eigenvalue weighted by Crippen LogP contribution is -2.39. The minimum absolute atomic E-state index is 0.700. The third-order valence-corrected chi connectivity index (χ3v) is 6.40. The molecule has 2 fully saturated rings. The fraction of sp³-hybridized carbons (Fsp3) is 0.895. The van der Waals surface area contributed by atoms with Crippen LogP contribution >= 0.6 is 0 Å². The number of hydrogen-bond donors (Lipinski definition) is 1. The second-order valence-corrected chi connectivity index (χ2v) is 7.94. The first-order valence-electron chi connectivity index (χ1n) is 10.1. The quantitative estimate of drug-likeness (QED) is 0.901. The molecule has 4 rings (SSSR count). The summed E-state index contributed by atoms with van der Waals surface area (Å²) in [5, 5.41) is 12.6. The van der Waals surface area contributed by atoms with Crippen LogP contribution in [-0.4, -0.2) is 40.8 Å². The second kappa shape index (κ2) is 7.96. The minimum atomic E-state index is 0.700. The lowest BCUT2D eigenvalue weighted by Gasteiger charge is -2.36. The predicted octanol–water partition coefficient (Wildman–Crippen LogP) is 2.73. The number of aryl methyl sites for hydroxylation is 1. The van der Waals surface area contributed by atoms with E-state index in [1.807, 2.05) is 0 Å². The van der Waals surface area contributed by atoms with Crippen molar-refractivity contribution in [2.75, 3.05) is 19.8 Å². The Morgan fingerprint density at radius 3 is 2.79 bits per heavy atom. The number of aromatic nitrogens is 3. The zero-order valence-corrected chi connectivity index (χ0v) is 14.9. The predicted molar refractivity (Wildman–Crippen MR) is 94.0 cm³/mol. The van der Waals surface area contributed by atoms with Crippen molar-refractivity contribution in [1.29, 1.82) is 0 Å². The molecule has 2 aliphatic carbocycles. The maximum atomic E-state index is 5.54. The first-order chi connectivity index (χ1) is 11.9. The van der Waals surface area contributed by atoms with Crippen molar-refractivity contribution in [3.63, 3.8) is 0 Å². The zero-order valence-electron chi connectivity index (χ0n) is 14.9. The molecule has 1 saturated heterocycles. The Morgan fingerprint density at radius 1 is 1.00 bits per heavy atom. The first-order valence-corrected chi connectivity index (χ1v) is 10.1.